The minimum atomic E-state index is -3.52. The van der Waals surface area contributed by atoms with Crippen LogP contribution in [0.4, 0.5) is 20.7 Å². The molecule has 0 saturated carbocycles. The van der Waals surface area contributed by atoms with Crippen molar-refractivity contribution >= 4 is 27.4 Å². The van der Waals surface area contributed by atoms with E-state index in [9.17, 15) is 17.6 Å². The fourth-order valence-electron chi connectivity index (χ4n) is 5.09. The quantitative estimate of drug-likeness (QED) is 0.587. The zero-order valence-electron chi connectivity index (χ0n) is 20.4. The number of rotatable bonds is 5. The van der Waals surface area contributed by atoms with Gasteiger partial charge in [-0.25, -0.2) is 27.6 Å². The maximum atomic E-state index is 14.9. The molecule has 10 nitrogen and oxygen atoms in total. The molecule has 3 aliphatic rings. The van der Waals surface area contributed by atoms with Gasteiger partial charge in [0.15, 0.2) is 9.84 Å². The number of piperidine rings is 1. The van der Waals surface area contributed by atoms with Crippen molar-refractivity contribution in [3.8, 4) is 5.88 Å². The molecule has 1 unspecified atom stereocenters. The third-order valence-corrected chi connectivity index (χ3v) is 7.82. The van der Waals surface area contributed by atoms with Crippen LogP contribution in [-0.4, -0.2) is 80.7 Å². The summed E-state index contributed by atoms with van der Waals surface area (Å²) in [7, 11) is -3.52. The van der Waals surface area contributed by atoms with E-state index >= 15 is 0 Å². The van der Waals surface area contributed by atoms with E-state index < -0.39 is 15.7 Å². The number of amides is 1. The SMILES string of the molecule is CC(C)OC(=O)N1C[C@H]2COC[C@@H](C1)C2Oc1ncnc2c1CCN2c1ccc(S(C)(=O)=O)cc1F. The Morgan fingerprint density at radius 3 is 2.56 bits per heavy atom. The van der Waals surface area contributed by atoms with Gasteiger partial charge < -0.3 is 24.0 Å². The smallest absolute Gasteiger partial charge is 0.410 e. The van der Waals surface area contributed by atoms with E-state index in [1.807, 2.05) is 13.8 Å². The van der Waals surface area contributed by atoms with Gasteiger partial charge in [-0.1, -0.05) is 0 Å². The summed E-state index contributed by atoms with van der Waals surface area (Å²) in [5.74, 6) is 0.253. The Labute approximate surface area is 209 Å². The number of aromatic nitrogens is 2. The summed E-state index contributed by atoms with van der Waals surface area (Å²) < 4.78 is 56.0. The number of likely N-dealkylation sites (tertiary alicyclic amines) is 1. The third kappa shape index (κ3) is 4.71. The zero-order valence-corrected chi connectivity index (χ0v) is 21.2. The Hall–Kier alpha value is -2.99. The predicted octanol–water partition coefficient (Wildman–Crippen LogP) is 2.58. The van der Waals surface area contributed by atoms with Crippen molar-refractivity contribution in [2.45, 2.75) is 37.4 Å². The van der Waals surface area contributed by atoms with Crippen molar-refractivity contribution in [1.29, 1.82) is 0 Å². The predicted molar refractivity (Wildman–Crippen MR) is 128 cm³/mol. The highest BCUT2D eigenvalue weighted by Crippen LogP contribution is 2.40. The van der Waals surface area contributed by atoms with Gasteiger partial charge in [-0.15, -0.1) is 0 Å². The third-order valence-electron chi connectivity index (χ3n) is 6.71. The molecule has 1 amide bonds. The van der Waals surface area contributed by atoms with E-state index in [0.29, 0.717) is 51.0 Å². The summed E-state index contributed by atoms with van der Waals surface area (Å²) in [4.78, 5) is 24.6. The molecule has 0 spiro atoms. The first-order chi connectivity index (χ1) is 17.1. The lowest BCUT2D eigenvalue weighted by atomic mass is 9.84. The first-order valence-electron chi connectivity index (χ1n) is 11.9. The van der Waals surface area contributed by atoms with Gasteiger partial charge in [0, 0.05) is 37.7 Å². The number of carbonyl (C=O) groups is 1. The van der Waals surface area contributed by atoms with Crippen molar-refractivity contribution in [2.75, 3.05) is 44.0 Å². The second-order valence-corrected chi connectivity index (χ2v) is 11.8. The molecule has 12 heteroatoms. The van der Waals surface area contributed by atoms with Crippen LogP contribution < -0.4 is 9.64 Å². The molecule has 1 aromatic heterocycles. The molecule has 2 saturated heterocycles. The Balaban J connectivity index is 1.36. The largest absolute Gasteiger partial charge is 0.473 e. The lowest BCUT2D eigenvalue weighted by Gasteiger charge is -2.46. The molecule has 0 radical (unpaired) electrons. The topological polar surface area (TPSA) is 111 Å². The van der Waals surface area contributed by atoms with Crippen LogP contribution in [0.25, 0.3) is 0 Å². The Morgan fingerprint density at radius 2 is 1.92 bits per heavy atom. The summed E-state index contributed by atoms with van der Waals surface area (Å²) in [5.41, 5.74) is 1.01. The van der Waals surface area contributed by atoms with Crippen LogP contribution in [0.15, 0.2) is 29.4 Å². The molecular formula is C24H29FN4O6S. The van der Waals surface area contributed by atoms with Crippen molar-refractivity contribution in [1.82, 2.24) is 14.9 Å². The number of hydrogen-bond acceptors (Lipinski definition) is 9. The molecule has 4 heterocycles. The van der Waals surface area contributed by atoms with Crippen LogP contribution in [0, 0.1) is 17.7 Å². The maximum Gasteiger partial charge on any atom is 0.410 e. The number of anilines is 2. The van der Waals surface area contributed by atoms with Crippen molar-refractivity contribution in [2.24, 2.45) is 11.8 Å². The number of nitrogens with zero attached hydrogens (tertiary/aromatic N) is 4. The number of sulfone groups is 1. The number of ether oxygens (including phenoxy) is 3. The molecule has 0 aliphatic carbocycles. The molecule has 2 aromatic rings. The lowest BCUT2D eigenvalue weighted by Crippen LogP contribution is -2.58. The molecule has 0 N–H and O–H groups in total. The summed E-state index contributed by atoms with van der Waals surface area (Å²) in [5, 5.41) is 0. The number of carbonyl (C=O) groups excluding carboxylic acids is 1. The van der Waals surface area contributed by atoms with Gasteiger partial charge in [0.2, 0.25) is 5.88 Å². The van der Waals surface area contributed by atoms with Crippen LogP contribution in [0.1, 0.15) is 19.4 Å². The minimum Gasteiger partial charge on any atom is -0.473 e. The van der Waals surface area contributed by atoms with Crippen LogP contribution in [0.3, 0.4) is 0 Å². The van der Waals surface area contributed by atoms with Gasteiger partial charge in [0.1, 0.15) is 24.1 Å². The fourth-order valence-corrected chi connectivity index (χ4v) is 5.72. The number of fused-ring (bicyclic) bond motifs is 3. The van der Waals surface area contributed by atoms with Gasteiger partial charge in [0.05, 0.1) is 35.5 Å². The molecule has 36 heavy (non-hydrogen) atoms. The Bertz CT molecular complexity index is 1260. The van der Waals surface area contributed by atoms with Crippen LogP contribution in [0.5, 0.6) is 5.88 Å². The van der Waals surface area contributed by atoms with Gasteiger partial charge in [-0.05, 0) is 38.5 Å². The van der Waals surface area contributed by atoms with Crippen LogP contribution in [0.2, 0.25) is 0 Å². The number of halogens is 1. The van der Waals surface area contributed by atoms with E-state index in [1.54, 1.807) is 9.80 Å². The second-order valence-electron chi connectivity index (χ2n) is 9.75. The summed E-state index contributed by atoms with van der Waals surface area (Å²) in [6, 6.07) is 3.88. The molecule has 1 aromatic carbocycles. The van der Waals surface area contributed by atoms with Gasteiger partial charge in [-0.3, -0.25) is 0 Å². The maximum absolute atomic E-state index is 14.9. The van der Waals surface area contributed by atoms with Crippen molar-refractivity contribution < 1.29 is 31.8 Å². The fraction of sp³-hybridized carbons (Fsp3) is 0.542. The van der Waals surface area contributed by atoms with Gasteiger partial charge in [0.25, 0.3) is 0 Å². The molecular weight excluding hydrogens is 491 g/mol. The molecule has 3 atom stereocenters. The zero-order chi connectivity index (χ0) is 25.6. The van der Waals surface area contributed by atoms with Crippen molar-refractivity contribution in [3.05, 3.63) is 35.9 Å². The van der Waals surface area contributed by atoms with Crippen molar-refractivity contribution in [3.63, 3.8) is 0 Å². The summed E-state index contributed by atoms with van der Waals surface area (Å²) >= 11 is 0. The van der Waals surface area contributed by atoms with E-state index in [4.69, 9.17) is 14.2 Å². The first kappa shape index (κ1) is 24.7. The molecule has 2 bridgehead atoms. The van der Waals surface area contributed by atoms with E-state index in [0.717, 1.165) is 17.9 Å². The molecule has 5 rings (SSSR count). The lowest BCUT2D eigenvalue weighted by molar-refractivity contribution is -0.111. The average Bonchev–Trinajstić information content (AvgIpc) is 3.22. The molecule has 2 fully saturated rings. The van der Waals surface area contributed by atoms with Crippen LogP contribution >= 0.6 is 0 Å². The van der Waals surface area contributed by atoms with Crippen LogP contribution in [-0.2, 0) is 25.7 Å². The Morgan fingerprint density at radius 1 is 1.19 bits per heavy atom. The highest BCUT2D eigenvalue weighted by Gasteiger charge is 2.44. The monoisotopic (exact) mass is 520 g/mol. The first-order valence-corrected chi connectivity index (χ1v) is 13.8. The minimum absolute atomic E-state index is 0.0404. The average molecular weight is 521 g/mol. The molecule has 194 valence electrons. The van der Waals surface area contributed by atoms with E-state index in [2.05, 4.69) is 9.97 Å². The van der Waals surface area contributed by atoms with E-state index in [1.165, 1.54) is 18.5 Å². The van der Waals surface area contributed by atoms with Gasteiger partial charge >= 0.3 is 6.09 Å². The normalized spacial score (nSPS) is 23.5. The standard InChI is InChI=1S/C24H29FN4O6S/c1-14(2)34-24(30)28-9-15-11-33-12-16(10-28)21(15)35-23-18-6-7-29(22(18)26-13-27-23)20-5-4-17(8-19(20)25)36(3,31)32/h4-5,8,13-16,21H,6-7,9-12H2,1-3H3/t15-,16+,21?. The highest BCUT2D eigenvalue weighted by molar-refractivity contribution is 7.90. The highest BCUT2D eigenvalue weighted by atomic mass is 32.2. The number of benzene rings is 1. The van der Waals surface area contributed by atoms with Gasteiger partial charge in [-0.2, -0.15) is 0 Å². The van der Waals surface area contributed by atoms with E-state index in [-0.39, 0.29) is 40.7 Å². The molecule has 3 aliphatic heterocycles. The Kier molecular flexibility index (Phi) is 6.50. The summed E-state index contributed by atoms with van der Waals surface area (Å²) in [6.45, 7) is 5.95. The second kappa shape index (κ2) is 9.47. The summed E-state index contributed by atoms with van der Waals surface area (Å²) in [6.07, 6.45) is 2.26. The number of hydrogen-bond donors (Lipinski definition) is 0.